The third-order valence-corrected chi connectivity index (χ3v) is 5.55. The van der Waals surface area contributed by atoms with E-state index in [4.69, 9.17) is 9.47 Å². The van der Waals surface area contributed by atoms with Crippen molar-refractivity contribution in [1.82, 2.24) is 14.8 Å². The van der Waals surface area contributed by atoms with Gasteiger partial charge in [0.25, 0.3) is 0 Å². The van der Waals surface area contributed by atoms with Crippen LogP contribution in [0.4, 0.5) is 5.69 Å². The van der Waals surface area contributed by atoms with Gasteiger partial charge in [-0.05, 0) is 18.9 Å². The minimum absolute atomic E-state index is 0.222. The van der Waals surface area contributed by atoms with Crippen LogP contribution in [0.5, 0.6) is 11.5 Å². The molecular weight excluding hydrogens is 404 g/mol. The van der Waals surface area contributed by atoms with Gasteiger partial charge in [-0.1, -0.05) is 42.1 Å². The number of rotatable bonds is 9. The number of aromatic nitrogens is 3. The van der Waals surface area contributed by atoms with E-state index in [-0.39, 0.29) is 11.6 Å². The van der Waals surface area contributed by atoms with Crippen molar-refractivity contribution >= 4 is 23.4 Å². The summed E-state index contributed by atoms with van der Waals surface area (Å²) in [5, 5.41) is 9.40. The van der Waals surface area contributed by atoms with Gasteiger partial charge in [0, 0.05) is 30.4 Å². The van der Waals surface area contributed by atoms with Crippen LogP contribution in [-0.4, -0.2) is 40.1 Å². The van der Waals surface area contributed by atoms with E-state index in [1.54, 1.807) is 43.9 Å². The summed E-state index contributed by atoms with van der Waals surface area (Å²) in [5.41, 5.74) is 1.39. The zero-order valence-electron chi connectivity index (χ0n) is 17.0. The lowest BCUT2D eigenvalue weighted by Gasteiger charge is -2.14. The number of hydrogen-bond acceptors (Lipinski definition) is 6. The molecule has 1 unspecified atom stereocenters. The predicted molar refractivity (Wildman–Crippen MR) is 116 cm³/mol. The normalized spacial score (nSPS) is 11.7. The Morgan fingerprint density at radius 1 is 1.17 bits per heavy atom. The molecule has 0 fully saturated rings. The second kappa shape index (κ2) is 10.0. The summed E-state index contributed by atoms with van der Waals surface area (Å²) < 4.78 is 12.0. The number of nitrogens with one attached hydrogen (secondary N) is 2. The standard InChI is InChI=1S/C21H24N4O4S/c1-14(19(26)22-16-11-17(28-2)13-18(12-16)29-3)30-21-24-23-20(27)25(21)10-9-15-7-5-4-6-8-15/h4-8,11-14H,9-10H2,1-3H3,(H,22,26)(H,23,27). The van der Waals surface area contributed by atoms with Crippen molar-refractivity contribution in [2.24, 2.45) is 0 Å². The van der Waals surface area contributed by atoms with E-state index in [1.807, 2.05) is 30.3 Å². The number of hydrogen-bond donors (Lipinski definition) is 2. The van der Waals surface area contributed by atoms with E-state index in [0.29, 0.717) is 35.3 Å². The van der Waals surface area contributed by atoms with Crippen molar-refractivity contribution in [1.29, 1.82) is 0 Å². The number of amides is 1. The van der Waals surface area contributed by atoms with Crippen LogP contribution in [-0.2, 0) is 17.8 Å². The van der Waals surface area contributed by atoms with Gasteiger partial charge in [-0.25, -0.2) is 9.89 Å². The molecule has 0 aliphatic heterocycles. The first-order valence-corrected chi connectivity index (χ1v) is 10.3. The quantitative estimate of drug-likeness (QED) is 0.509. The molecule has 0 spiro atoms. The van der Waals surface area contributed by atoms with Crippen molar-refractivity contribution in [3.05, 3.63) is 64.6 Å². The SMILES string of the molecule is COc1cc(NC(=O)C(C)Sc2n[nH]c(=O)n2CCc2ccccc2)cc(OC)c1. The summed E-state index contributed by atoms with van der Waals surface area (Å²) in [4.78, 5) is 24.8. The van der Waals surface area contributed by atoms with Gasteiger partial charge in [0.15, 0.2) is 5.16 Å². The molecule has 0 saturated carbocycles. The van der Waals surface area contributed by atoms with Crippen molar-refractivity contribution in [2.75, 3.05) is 19.5 Å². The van der Waals surface area contributed by atoms with Crippen LogP contribution < -0.4 is 20.5 Å². The number of thioether (sulfide) groups is 1. The molecule has 0 radical (unpaired) electrons. The van der Waals surface area contributed by atoms with Crippen molar-refractivity contribution in [3.8, 4) is 11.5 Å². The lowest BCUT2D eigenvalue weighted by molar-refractivity contribution is -0.115. The largest absolute Gasteiger partial charge is 0.497 e. The number of H-pyrrole nitrogens is 1. The minimum Gasteiger partial charge on any atom is -0.497 e. The Hall–Kier alpha value is -3.20. The molecular formula is C21H24N4O4S. The fraction of sp³-hybridized carbons (Fsp3) is 0.286. The van der Waals surface area contributed by atoms with Crippen molar-refractivity contribution in [3.63, 3.8) is 0 Å². The molecule has 1 aromatic heterocycles. The van der Waals surface area contributed by atoms with Crippen molar-refractivity contribution in [2.45, 2.75) is 30.3 Å². The van der Waals surface area contributed by atoms with E-state index >= 15 is 0 Å². The van der Waals surface area contributed by atoms with Gasteiger partial charge in [0.2, 0.25) is 5.91 Å². The second-order valence-corrected chi connectivity index (χ2v) is 7.86. The van der Waals surface area contributed by atoms with E-state index < -0.39 is 5.25 Å². The lowest BCUT2D eigenvalue weighted by atomic mass is 10.1. The number of nitrogens with zero attached hydrogens (tertiary/aromatic N) is 2. The van der Waals surface area contributed by atoms with Gasteiger partial charge in [-0.2, -0.15) is 0 Å². The molecule has 158 valence electrons. The maximum absolute atomic E-state index is 12.7. The number of carbonyl (C=O) groups is 1. The molecule has 8 nitrogen and oxygen atoms in total. The zero-order valence-corrected chi connectivity index (χ0v) is 17.9. The molecule has 0 saturated heterocycles. The number of methoxy groups -OCH3 is 2. The van der Waals surface area contributed by atoms with Gasteiger partial charge in [0.05, 0.1) is 19.5 Å². The summed E-state index contributed by atoms with van der Waals surface area (Å²) in [6, 6.07) is 15.0. The van der Waals surface area contributed by atoms with Crippen LogP contribution >= 0.6 is 11.8 Å². The lowest BCUT2D eigenvalue weighted by Crippen LogP contribution is -2.24. The molecule has 0 bridgehead atoms. The molecule has 1 heterocycles. The smallest absolute Gasteiger partial charge is 0.343 e. The van der Waals surface area contributed by atoms with Crippen LogP contribution in [0.15, 0.2) is 58.5 Å². The monoisotopic (exact) mass is 428 g/mol. The maximum atomic E-state index is 12.7. The Morgan fingerprint density at radius 2 is 1.83 bits per heavy atom. The second-order valence-electron chi connectivity index (χ2n) is 6.55. The van der Waals surface area contributed by atoms with E-state index in [1.165, 1.54) is 11.8 Å². The number of anilines is 1. The Morgan fingerprint density at radius 3 is 2.47 bits per heavy atom. The first-order valence-electron chi connectivity index (χ1n) is 9.40. The fourth-order valence-electron chi connectivity index (χ4n) is 2.81. The average Bonchev–Trinajstić information content (AvgIpc) is 3.11. The molecule has 30 heavy (non-hydrogen) atoms. The summed E-state index contributed by atoms with van der Waals surface area (Å²) in [6.45, 7) is 2.24. The highest BCUT2D eigenvalue weighted by Gasteiger charge is 2.19. The summed E-state index contributed by atoms with van der Waals surface area (Å²) >= 11 is 1.22. The van der Waals surface area contributed by atoms with E-state index in [0.717, 1.165) is 5.56 Å². The van der Waals surface area contributed by atoms with Gasteiger partial charge < -0.3 is 14.8 Å². The van der Waals surface area contributed by atoms with Crippen LogP contribution in [0, 0.1) is 0 Å². The molecule has 3 rings (SSSR count). The summed E-state index contributed by atoms with van der Waals surface area (Å²) in [7, 11) is 3.09. The van der Waals surface area contributed by atoms with E-state index in [2.05, 4.69) is 15.5 Å². The summed E-state index contributed by atoms with van der Waals surface area (Å²) in [6.07, 6.45) is 0.692. The number of aryl methyl sites for hydroxylation is 1. The van der Waals surface area contributed by atoms with Crippen LogP contribution in [0.2, 0.25) is 0 Å². The third kappa shape index (κ3) is 5.44. The fourth-order valence-corrected chi connectivity index (χ4v) is 3.69. The Bertz CT molecular complexity index is 1030. The number of aromatic amines is 1. The van der Waals surface area contributed by atoms with Crippen LogP contribution in [0.1, 0.15) is 12.5 Å². The van der Waals surface area contributed by atoms with Gasteiger partial charge >= 0.3 is 5.69 Å². The first-order chi connectivity index (χ1) is 14.5. The Balaban J connectivity index is 1.66. The minimum atomic E-state index is -0.479. The topological polar surface area (TPSA) is 98.2 Å². The number of ether oxygens (including phenoxy) is 2. The number of carbonyl (C=O) groups excluding carboxylic acids is 1. The third-order valence-electron chi connectivity index (χ3n) is 4.46. The molecule has 2 N–H and O–H groups in total. The van der Waals surface area contributed by atoms with Crippen LogP contribution in [0.25, 0.3) is 0 Å². The number of benzene rings is 2. The molecule has 1 atom stereocenters. The molecule has 3 aromatic rings. The molecule has 0 aliphatic carbocycles. The van der Waals surface area contributed by atoms with Gasteiger partial charge in [0.1, 0.15) is 11.5 Å². The molecule has 0 aliphatic rings. The Labute approximate surface area is 178 Å². The van der Waals surface area contributed by atoms with Gasteiger partial charge in [-0.15, -0.1) is 5.10 Å². The van der Waals surface area contributed by atoms with Gasteiger partial charge in [-0.3, -0.25) is 9.36 Å². The zero-order chi connectivity index (χ0) is 21.5. The summed E-state index contributed by atoms with van der Waals surface area (Å²) in [5.74, 6) is 0.930. The highest BCUT2D eigenvalue weighted by atomic mass is 32.2. The predicted octanol–water partition coefficient (Wildman–Crippen LogP) is 2.95. The first kappa shape index (κ1) is 21.5. The molecule has 1 amide bonds. The maximum Gasteiger partial charge on any atom is 0.343 e. The van der Waals surface area contributed by atoms with Crippen molar-refractivity contribution < 1.29 is 14.3 Å². The Kier molecular flexibility index (Phi) is 7.18. The van der Waals surface area contributed by atoms with E-state index in [9.17, 15) is 9.59 Å². The molecule has 9 heteroatoms. The molecule has 2 aromatic carbocycles. The highest BCUT2D eigenvalue weighted by Crippen LogP contribution is 2.27. The highest BCUT2D eigenvalue weighted by molar-refractivity contribution is 8.00. The van der Waals surface area contributed by atoms with Crippen LogP contribution in [0.3, 0.4) is 0 Å². The average molecular weight is 429 g/mol.